The summed E-state index contributed by atoms with van der Waals surface area (Å²) in [4.78, 5) is 12.3. The number of methoxy groups -OCH3 is 1. The van der Waals surface area contributed by atoms with E-state index < -0.39 is 0 Å². The molecule has 0 aliphatic carbocycles. The van der Waals surface area contributed by atoms with E-state index in [1.165, 1.54) is 19.2 Å². The van der Waals surface area contributed by atoms with Crippen molar-refractivity contribution in [3.63, 3.8) is 0 Å². The van der Waals surface area contributed by atoms with Gasteiger partial charge in [0.2, 0.25) is 0 Å². The van der Waals surface area contributed by atoms with E-state index in [2.05, 4.69) is 21.2 Å². The Hall–Kier alpha value is -1.59. The van der Waals surface area contributed by atoms with Gasteiger partial charge in [-0.1, -0.05) is 11.6 Å². The van der Waals surface area contributed by atoms with Gasteiger partial charge < -0.3 is 10.1 Å². The van der Waals surface area contributed by atoms with Crippen LogP contribution in [0, 0.1) is 12.7 Å². The van der Waals surface area contributed by atoms with Gasteiger partial charge in [0, 0.05) is 10.7 Å². The molecule has 0 saturated heterocycles. The summed E-state index contributed by atoms with van der Waals surface area (Å²) in [6.45, 7) is 1.71. The molecule has 0 aliphatic heterocycles. The summed E-state index contributed by atoms with van der Waals surface area (Å²) in [5, 5.41) is 3.21. The van der Waals surface area contributed by atoms with Crippen LogP contribution < -0.4 is 10.1 Å². The molecule has 110 valence electrons. The third kappa shape index (κ3) is 3.54. The fraction of sp³-hybridized carbons (Fsp3) is 0.133. The summed E-state index contributed by atoms with van der Waals surface area (Å²) in [5.74, 6) is -0.362. The molecule has 0 heterocycles. The van der Waals surface area contributed by atoms with E-state index in [1.807, 2.05) is 0 Å². The number of ether oxygens (including phenoxy) is 1. The van der Waals surface area contributed by atoms with Gasteiger partial charge in [0.15, 0.2) is 0 Å². The summed E-state index contributed by atoms with van der Waals surface area (Å²) in [5.41, 5.74) is 1.49. The van der Waals surface area contributed by atoms with Crippen LogP contribution in [0.4, 0.5) is 10.1 Å². The van der Waals surface area contributed by atoms with Crippen molar-refractivity contribution in [2.24, 2.45) is 0 Å². The summed E-state index contributed by atoms with van der Waals surface area (Å²) >= 11 is 8.96. The molecule has 2 rings (SSSR count). The first-order chi connectivity index (χ1) is 9.92. The predicted molar refractivity (Wildman–Crippen MR) is 84.8 cm³/mol. The molecule has 6 heteroatoms. The third-order valence-electron chi connectivity index (χ3n) is 2.92. The van der Waals surface area contributed by atoms with E-state index in [9.17, 15) is 9.18 Å². The Morgan fingerprint density at radius 3 is 2.71 bits per heavy atom. The Morgan fingerprint density at radius 1 is 1.33 bits per heavy atom. The van der Waals surface area contributed by atoms with Crippen LogP contribution in [0.5, 0.6) is 5.75 Å². The van der Waals surface area contributed by atoms with E-state index in [1.54, 1.807) is 25.1 Å². The van der Waals surface area contributed by atoms with Gasteiger partial charge >= 0.3 is 0 Å². The van der Waals surface area contributed by atoms with Gasteiger partial charge in [-0.2, -0.15) is 0 Å². The molecule has 21 heavy (non-hydrogen) atoms. The molecule has 1 N–H and O–H groups in total. The van der Waals surface area contributed by atoms with Crippen molar-refractivity contribution in [1.82, 2.24) is 0 Å². The zero-order valence-electron chi connectivity index (χ0n) is 11.3. The van der Waals surface area contributed by atoms with Crippen LogP contribution in [0.3, 0.4) is 0 Å². The van der Waals surface area contributed by atoms with Crippen molar-refractivity contribution < 1.29 is 13.9 Å². The van der Waals surface area contributed by atoms with Gasteiger partial charge in [-0.05, 0) is 58.7 Å². The Labute approximate surface area is 135 Å². The van der Waals surface area contributed by atoms with Crippen LogP contribution in [0.2, 0.25) is 5.02 Å². The monoisotopic (exact) mass is 371 g/mol. The molecule has 0 unspecified atom stereocenters. The average Bonchev–Trinajstić information content (AvgIpc) is 2.44. The molecule has 0 fully saturated rings. The van der Waals surface area contributed by atoms with Crippen LogP contribution in [0.15, 0.2) is 34.8 Å². The summed E-state index contributed by atoms with van der Waals surface area (Å²) in [6.07, 6.45) is 0. The largest absolute Gasteiger partial charge is 0.496 e. The van der Waals surface area contributed by atoms with Crippen molar-refractivity contribution in [2.75, 3.05) is 12.4 Å². The topological polar surface area (TPSA) is 38.3 Å². The molecule has 0 aliphatic rings. The maximum Gasteiger partial charge on any atom is 0.259 e. The smallest absolute Gasteiger partial charge is 0.259 e. The summed E-state index contributed by atoms with van der Waals surface area (Å²) in [7, 11) is 1.46. The van der Waals surface area contributed by atoms with Crippen LogP contribution in [-0.2, 0) is 0 Å². The molecule has 0 bridgehead atoms. The molecule has 0 saturated carbocycles. The second-order valence-electron chi connectivity index (χ2n) is 4.38. The highest BCUT2D eigenvalue weighted by Gasteiger charge is 2.15. The lowest BCUT2D eigenvalue weighted by atomic mass is 10.1. The van der Waals surface area contributed by atoms with Crippen LogP contribution in [0.1, 0.15) is 15.9 Å². The molecule has 0 radical (unpaired) electrons. The zero-order valence-corrected chi connectivity index (χ0v) is 13.7. The Balaban J connectivity index is 2.32. The molecule has 3 nitrogen and oxygen atoms in total. The van der Waals surface area contributed by atoms with Gasteiger partial charge in [-0.15, -0.1) is 0 Å². The molecular formula is C15H12BrClFNO2. The highest BCUT2D eigenvalue weighted by atomic mass is 79.9. The van der Waals surface area contributed by atoms with Gasteiger partial charge in [0.25, 0.3) is 5.91 Å². The van der Waals surface area contributed by atoms with Crippen molar-refractivity contribution in [3.05, 3.63) is 56.8 Å². The molecular weight excluding hydrogens is 361 g/mol. The minimum Gasteiger partial charge on any atom is -0.496 e. The van der Waals surface area contributed by atoms with E-state index in [0.29, 0.717) is 27.6 Å². The van der Waals surface area contributed by atoms with Crippen LogP contribution in [0.25, 0.3) is 0 Å². The van der Waals surface area contributed by atoms with Crippen molar-refractivity contribution in [3.8, 4) is 5.75 Å². The van der Waals surface area contributed by atoms with E-state index >= 15 is 0 Å². The number of aryl methyl sites for hydroxylation is 1. The number of carbonyl (C=O) groups is 1. The van der Waals surface area contributed by atoms with Crippen LogP contribution in [-0.4, -0.2) is 13.0 Å². The van der Waals surface area contributed by atoms with E-state index in [4.69, 9.17) is 16.3 Å². The number of rotatable bonds is 3. The first-order valence-corrected chi connectivity index (χ1v) is 7.20. The van der Waals surface area contributed by atoms with Crippen molar-refractivity contribution >= 4 is 39.1 Å². The number of amides is 1. The standard InChI is InChI=1S/C15H12BrClFNO2/c1-8-5-12(18)11(16)7-13(8)19-15(20)10-4-3-9(17)6-14(10)21-2/h3-7H,1-2H3,(H,19,20). The predicted octanol–water partition coefficient (Wildman–Crippen LogP) is 4.81. The van der Waals surface area contributed by atoms with Crippen molar-refractivity contribution in [1.29, 1.82) is 0 Å². The molecule has 0 atom stereocenters. The Morgan fingerprint density at radius 2 is 2.05 bits per heavy atom. The number of anilines is 1. The number of hydrogen-bond donors (Lipinski definition) is 1. The molecule has 1 amide bonds. The third-order valence-corrected chi connectivity index (χ3v) is 3.77. The van der Waals surface area contributed by atoms with Gasteiger partial charge in [-0.25, -0.2) is 4.39 Å². The van der Waals surface area contributed by atoms with Gasteiger partial charge in [-0.3, -0.25) is 4.79 Å². The highest BCUT2D eigenvalue weighted by molar-refractivity contribution is 9.10. The zero-order chi connectivity index (χ0) is 15.6. The fourth-order valence-corrected chi connectivity index (χ4v) is 2.33. The SMILES string of the molecule is COc1cc(Cl)ccc1C(=O)Nc1cc(Br)c(F)cc1C. The first kappa shape index (κ1) is 15.8. The normalized spacial score (nSPS) is 10.3. The molecule has 0 spiro atoms. The second kappa shape index (κ2) is 6.45. The van der Waals surface area contributed by atoms with Gasteiger partial charge in [0.05, 0.1) is 17.1 Å². The number of halogens is 3. The van der Waals surface area contributed by atoms with Crippen molar-refractivity contribution in [2.45, 2.75) is 6.92 Å². The Kier molecular flexibility index (Phi) is 4.85. The number of hydrogen-bond acceptors (Lipinski definition) is 2. The lowest BCUT2D eigenvalue weighted by Gasteiger charge is -2.12. The molecule has 2 aromatic rings. The maximum atomic E-state index is 13.4. The average molecular weight is 373 g/mol. The van der Waals surface area contributed by atoms with Crippen LogP contribution >= 0.6 is 27.5 Å². The summed E-state index contributed by atoms with van der Waals surface area (Å²) < 4.78 is 18.8. The second-order valence-corrected chi connectivity index (χ2v) is 5.67. The quantitative estimate of drug-likeness (QED) is 0.839. The number of carbonyl (C=O) groups excluding carboxylic acids is 1. The Bertz CT molecular complexity index is 706. The fourth-order valence-electron chi connectivity index (χ4n) is 1.82. The number of nitrogens with one attached hydrogen (secondary N) is 1. The van der Waals surface area contributed by atoms with E-state index in [-0.39, 0.29) is 16.2 Å². The highest BCUT2D eigenvalue weighted by Crippen LogP contribution is 2.27. The number of benzene rings is 2. The maximum absolute atomic E-state index is 13.4. The molecule has 0 aromatic heterocycles. The molecule has 2 aromatic carbocycles. The lowest BCUT2D eigenvalue weighted by molar-refractivity contribution is 0.102. The minimum atomic E-state index is -0.380. The summed E-state index contributed by atoms with van der Waals surface area (Å²) in [6, 6.07) is 7.60. The lowest BCUT2D eigenvalue weighted by Crippen LogP contribution is -2.14. The van der Waals surface area contributed by atoms with Gasteiger partial charge in [0.1, 0.15) is 11.6 Å². The van der Waals surface area contributed by atoms with E-state index in [0.717, 1.165) is 0 Å². The minimum absolute atomic E-state index is 0.284. The first-order valence-electron chi connectivity index (χ1n) is 6.03.